The summed E-state index contributed by atoms with van der Waals surface area (Å²) in [6.45, 7) is 5.00. The lowest BCUT2D eigenvalue weighted by atomic mass is 10.0. The highest BCUT2D eigenvalue weighted by Crippen LogP contribution is 2.23. The predicted molar refractivity (Wildman–Crippen MR) is 96.1 cm³/mol. The molecule has 128 valence electrons. The summed E-state index contributed by atoms with van der Waals surface area (Å²) < 4.78 is 1.46. The largest absolute Gasteiger partial charge is 0.339 e. The van der Waals surface area contributed by atoms with Crippen molar-refractivity contribution in [2.75, 3.05) is 18.1 Å². The van der Waals surface area contributed by atoms with Crippen LogP contribution in [-0.4, -0.2) is 44.0 Å². The fraction of sp³-hybridized carbons (Fsp3) is 0.471. The molecule has 7 heteroatoms. The Labute approximate surface area is 146 Å². The maximum atomic E-state index is 12.4. The molecule has 1 aromatic carbocycles. The first-order valence-electron chi connectivity index (χ1n) is 8.26. The molecule has 1 amide bonds. The van der Waals surface area contributed by atoms with E-state index in [1.165, 1.54) is 28.4 Å². The molecular formula is C17H23N5OS. The Morgan fingerprint density at radius 2 is 2.04 bits per heavy atom. The SMILES string of the molecule is Cc1ccc(-c2nnc(SCC(=O)N3CCCC[C@@H]3C)n2N)cc1. The number of nitrogens with zero attached hydrogens (tertiary/aromatic N) is 4. The highest BCUT2D eigenvalue weighted by Gasteiger charge is 2.23. The standard InChI is InChI=1S/C17H23N5OS/c1-12-6-8-14(9-7-12)16-19-20-17(22(16)18)24-11-15(23)21-10-4-3-5-13(21)2/h6-9,13H,3-5,10-11,18H2,1-2H3/t13-/m0/s1. The van der Waals surface area contributed by atoms with Gasteiger partial charge in [-0.05, 0) is 33.1 Å². The Morgan fingerprint density at radius 3 is 2.75 bits per heavy atom. The van der Waals surface area contributed by atoms with Gasteiger partial charge < -0.3 is 10.7 Å². The number of nitrogens with two attached hydrogens (primary N) is 1. The van der Waals surface area contributed by atoms with Crippen LogP contribution in [0.3, 0.4) is 0 Å². The van der Waals surface area contributed by atoms with E-state index in [0.717, 1.165) is 24.9 Å². The third-order valence-corrected chi connectivity index (χ3v) is 5.35. The molecule has 2 N–H and O–H groups in total. The van der Waals surface area contributed by atoms with Crippen molar-refractivity contribution in [1.29, 1.82) is 0 Å². The number of carbonyl (C=O) groups is 1. The van der Waals surface area contributed by atoms with E-state index in [1.807, 2.05) is 36.1 Å². The summed E-state index contributed by atoms with van der Waals surface area (Å²) >= 11 is 1.34. The van der Waals surface area contributed by atoms with Crippen LogP contribution in [0.2, 0.25) is 0 Å². The van der Waals surface area contributed by atoms with Crippen LogP contribution in [0.25, 0.3) is 11.4 Å². The number of piperidine rings is 1. The van der Waals surface area contributed by atoms with Gasteiger partial charge in [0.2, 0.25) is 11.1 Å². The third-order valence-electron chi connectivity index (χ3n) is 4.42. The number of benzene rings is 1. The van der Waals surface area contributed by atoms with E-state index in [2.05, 4.69) is 17.1 Å². The summed E-state index contributed by atoms with van der Waals surface area (Å²) in [7, 11) is 0. The van der Waals surface area contributed by atoms with Crippen LogP contribution in [0.4, 0.5) is 0 Å². The molecule has 1 aliphatic rings. The number of hydrogen-bond donors (Lipinski definition) is 1. The number of aromatic nitrogens is 3. The number of amides is 1. The monoisotopic (exact) mass is 345 g/mol. The van der Waals surface area contributed by atoms with E-state index in [-0.39, 0.29) is 5.91 Å². The highest BCUT2D eigenvalue weighted by molar-refractivity contribution is 7.99. The van der Waals surface area contributed by atoms with Crippen LogP contribution < -0.4 is 5.84 Å². The lowest BCUT2D eigenvalue weighted by molar-refractivity contribution is -0.131. The quantitative estimate of drug-likeness (QED) is 0.680. The van der Waals surface area contributed by atoms with E-state index >= 15 is 0 Å². The molecule has 1 aliphatic heterocycles. The Bertz CT molecular complexity index is 712. The number of aryl methyl sites for hydroxylation is 1. The van der Waals surface area contributed by atoms with Crippen LogP contribution >= 0.6 is 11.8 Å². The summed E-state index contributed by atoms with van der Waals surface area (Å²) in [5.41, 5.74) is 2.09. The molecule has 0 unspecified atom stereocenters. The van der Waals surface area contributed by atoms with Gasteiger partial charge in [0.05, 0.1) is 5.75 Å². The molecule has 1 aromatic heterocycles. The summed E-state index contributed by atoms with van der Waals surface area (Å²) in [6.07, 6.45) is 3.38. The maximum absolute atomic E-state index is 12.4. The Hall–Kier alpha value is -2.02. The summed E-state index contributed by atoms with van der Waals surface area (Å²) in [4.78, 5) is 14.4. The lowest BCUT2D eigenvalue weighted by Crippen LogP contribution is -2.43. The molecule has 3 rings (SSSR count). The van der Waals surface area contributed by atoms with Crippen molar-refractivity contribution < 1.29 is 4.79 Å². The number of thioether (sulfide) groups is 1. The second-order valence-corrected chi connectivity index (χ2v) is 7.21. The van der Waals surface area contributed by atoms with Gasteiger partial charge in [0.1, 0.15) is 0 Å². The molecule has 24 heavy (non-hydrogen) atoms. The van der Waals surface area contributed by atoms with Crippen molar-refractivity contribution in [1.82, 2.24) is 19.8 Å². The van der Waals surface area contributed by atoms with Crippen molar-refractivity contribution in [3.05, 3.63) is 29.8 Å². The van der Waals surface area contributed by atoms with E-state index in [0.29, 0.717) is 22.8 Å². The molecule has 0 radical (unpaired) electrons. The summed E-state index contributed by atoms with van der Waals surface area (Å²) in [5, 5.41) is 8.85. The number of likely N-dealkylation sites (tertiary alicyclic amines) is 1. The van der Waals surface area contributed by atoms with E-state index in [4.69, 9.17) is 5.84 Å². The third kappa shape index (κ3) is 3.56. The molecule has 2 aromatic rings. The van der Waals surface area contributed by atoms with Crippen LogP contribution in [-0.2, 0) is 4.79 Å². The van der Waals surface area contributed by atoms with Gasteiger partial charge in [-0.2, -0.15) is 0 Å². The van der Waals surface area contributed by atoms with Crippen molar-refractivity contribution in [3.8, 4) is 11.4 Å². The predicted octanol–water partition coefficient (Wildman–Crippen LogP) is 2.46. The minimum Gasteiger partial charge on any atom is -0.339 e. The van der Waals surface area contributed by atoms with Gasteiger partial charge in [-0.25, -0.2) is 4.68 Å². The normalized spacial score (nSPS) is 17.9. The number of hydrogen-bond acceptors (Lipinski definition) is 5. The number of carbonyl (C=O) groups excluding carboxylic acids is 1. The zero-order valence-electron chi connectivity index (χ0n) is 14.1. The molecule has 1 fully saturated rings. The van der Waals surface area contributed by atoms with Gasteiger partial charge in [-0.15, -0.1) is 10.2 Å². The van der Waals surface area contributed by atoms with Gasteiger partial charge in [0, 0.05) is 18.2 Å². The van der Waals surface area contributed by atoms with Gasteiger partial charge >= 0.3 is 0 Å². The topological polar surface area (TPSA) is 77.0 Å². The first-order valence-corrected chi connectivity index (χ1v) is 9.24. The van der Waals surface area contributed by atoms with Crippen molar-refractivity contribution in [2.45, 2.75) is 44.3 Å². The summed E-state index contributed by atoms with van der Waals surface area (Å²) in [6, 6.07) is 8.29. The highest BCUT2D eigenvalue weighted by atomic mass is 32.2. The Kier molecular flexibility index (Phi) is 5.08. The second kappa shape index (κ2) is 7.25. The number of rotatable bonds is 4. The molecule has 0 bridgehead atoms. The van der Waals surface area contributed by atoms with Crippen LogP contribution in [0.15, 0.2) is 29.4 Å². The van der Waals surface area contributed by atoms with Crippen molar-refractivity contribution >= 4 is 17.7 Å². The van der Waals surface area contributed by atoms with Crippen LogP contribution in [0, 0.1) is 6.92 Å². The fourth-order valence-electron chi connectivity index (χ4n) is 2.95. The molecule has 0 spiro atoms. The molecule has 0 saturated carbocycles. The molecule has 0 aliphatic carbocycles. The molecule has 2 heterocycles. The van der Waals surface area contributed by atoms with Gasteiger partial charge in [0.25, 0.3) is 0 Å². The van der Waals surface area contributed by atoms with Crippen molar-refractivity contribution in [3.63, 3.8) is 0 Å². The smallest absolute Gasteiger partial charge is 0.233 e. The second-order valence-electron chi connectivity index (χ2n) is 6.26. The minimum absolute atomic E-state index is 0.145. The van der Waals surface area contributed by atoms with E-state index < -0.39 is 0 Å². The first-order chi connectivity index (χ1) is 11.6. The zero-order valence-corrected chi connectivity index (χ0v) is 14.9. The van der Waals surface area contributed by atoms with Crippen LogP contribution in [0.5, 0.6) is 0 Å². The molecule has 1 atom stereocenters. The average Bonchev–Trinajstić information content (AvgIpc) is 2.95. The molecular weight excluding hydrogens is 322 g/mol. The van der Waals surface area contributed by atoms with Crippen LogP contribution in [0.1, 0.15) is 31.7 Å². The maximum Gasteiger partial charge on any atom is 0.233 e. The number of nitrogen functional groups attached to an aromatic ring is 1. The van der Waals surface area contributed by atoms with Gasteiger partial charge in [-0.3, -0.25) is 4.79 Å². The van der Waals surface area contributed by atoms with Gasteiger partial charge in [0.15, 0.2) is 5.82 Å². The lowest BCUT2D eigenvalue weighted by Gasteiger charge is -2.33. The van der Waals surface area contributed by atoms with E-state index in [1.54, 1.807) is 0 Å². The minimum atomic E-state index is 0.145. The van der Waals surface area contributed by atoms with E-state index in [9.17, 15) is 4.79 Å². The van der Waals surface area contributed by atoms with Gasteiger partial charge in [-0.1, -0.05) is 41.6 Å². The Balaban J connectivity index is 1.66. The zero-order chi connectivity index (χ0) is 17.1. The Morgan fingerprint density at radius 1 is 1.29 bits per heavy atom. The fourth-order valence-corrected chi connectivity index (χ4v) is 3.70. The molecule has 6 nitrogen and oxygen atoms in total. The molecule has 1 saturated heterocycles. The van der Waals surface area contributed by atoms with Crippen molar-refractivity contribution in [2.24, 2.45) is 0 Å². The first kappa shape index (κ1) is 16.8. The average molecular weight is 345 g/mol. The summed E-state index contributed by atoms with van der Waals surface area (Å²) in [5.74, 6) is 7.21.